The van der Waals surface area contributed by atoms with E-state index in [4.69, 9.17) is 15.6 Å². The topological polar surface area (TPSA) is 72.5 Å². The summed E-state index contributed by atoms with van der Waals surface area (Å²) in [5.41, 5.74) is 7.93. The van der Waals surface area contributed by atoms with Crippen LogP contribution < -0.4 is 10.5 Å². The molecule has 0 aromatic heterocycles. The smallest absolute Gasteiger partial charge is 0.303 e. The van der Waals surface area contributed by atoms with Crippen LogP contribution >= 0.6 is 0 Å². The SMILES string of the molecule is CC(C)(CC(=O)O)C(N)c1ccc2c(c1)CCCO2. The molecule has 1 aliphatic rings. The lowest BCUT2D eigenvalue weighted by Gasteiger charge is -2.31. The summed E-state index contributed by atoms with van der Waals surface area (Å²) >= 11 is 0. The first-order chi connectivity index (χ1) is 8.90. The standard InChI is InChI=1S/C15H21NO3/c1-15(2,9-13(17)18)14(16)11-5-6-12-10(8-11)4-3-7-19-12/h5-6,8,14H,3-4,7,9,16H2,1-2H3,(H,17,18). The molecular formula is C15H21NO3. The second-order valence-electron chi connectivity index (χ2n) is 5.86. The van der Waals surface area contributed by atoms with E-state index in [2.05, 4.69) is 6.07 Å². The highest BCUT2D eigenvalue weighted by Crippen LogP contribution is 2.36. The Morgan fingerprint density at radius 2 is 2.26 bits per heavy atom. The van der Waals surface area contributed by atoms with Crippen molar-refractivity contribution in [3.63, 3.8) is 0 Å². The van der Waals surface area contributed by atoms with E-state index in [9.17, 15) is 4.79 Å². The molecule has 0 aliphatic carbocycles. The van der Waals surface area contributed by atoms with Crippen LogP contribution in [0.3, 0.4) is 0 Å². The predicted octanol–water partition coefficient (Wildman–Crippen LogP) is 2.51. The quantitative estimate of drug-likeness (QED) is 0.875. The fourth-order valence-corrected chi connectivity index (χ4v) is 2.52. The first-order valence-electron chi connectivity index (χ1n) is 6.63. The van der Waals surface area contributed by atoms with Crippen LogP contribution in [-0.4, -0.2) is 17.7 Å². The Hall–Kier alpha value is -1.55. The van der Waals surface area contributed by atoms with Gasteiger partial charge in [-0.05, 0) is 35.4 Å². The van der Waals surface area contributed by atoms with E-state index >= 15 is 0 Å². The molecule has 0 radical (unpaired) electrons. The van der Waals surface area contributed by atoms with Gasteiger partial charge >= 0.3 is 5.97 Å². The number of fused-ring (bicyclic) bond motifs is 1. The normalized spacial score (nSPS) is 16.4. The minimum absolute atomic E-state index is 0.0573. The molecule has 3 N–H and O–H groups in total. The Kier molecular flexibility index (Phi) is 3.80. The van der Waals surface area contributed by atoms with Crippen molar-refractivity contribution in [2.75, 3.05) is 6.61 Å². The molecule has 4 nitrogen and oxygen atoms in total. The number of hydrogen-bond acceptors (Lipinski definition) is 3. The molecule has 0 fully saturated rings. The summed E-state index contributed by atoms with van der Waals surface area (Å²) < 4.78 is 5.57. The molecule has 104 valence electrons. The molecule has 1 unspecified atom stereocenters. The molecule has 0 saturated carbocycles. The first-order valence-corrected chi connectivity index (χ1v) is 6.63. The summed E-state index contributed by atoms with van der Waals surface area (Å²) in [6, 6.07) is 5.65. The van der Waals surface area contributed by atoms with Gasteiger partial charge in [-0.1, -0.05) is 26.0 Å². The van der Waals surface area contributed by atoms with Crippen molar-refractivity contribution in [2.45, 2.75) is 39.2 Å². The van der Waals surface area contributed by atoms with Gasteiger partial charge in [0.25, 0.3) is 0 Å². The Bertz CT molecular complexity index is 482. The van der Waals surface area contributed by atoms with Crippen LogP contribution in [0.5, 0.6) is 5.75 Å². The molecule has 1 heterocycles. The molecule has 2 rings (SSSR count). The molecule has 19 heavy (non-hydrogen) atoms. The van der Waals surface area contributed by atoms with Crippen molar-refractivity contribution in [3.8, 4) is 5.75 Å². The fraction of sp³-hybridized carbons (Fsp3) is 0.533. The number of carbonyl (C=O) groups is 1. The first kappa shape index (κ1) is 13.9. The molecule has 0 saturated heterocycles. The van der Waals surface area contributed by atoms with Crippen molar-refractivity contribution in [1.29, 1.82) is 0 Å². The molecule has 0 bridgehead atoms. The lowest BCUT2D eigenvalue weighted by molar-refractivity contribution is -0.139. The highest BCUT2D eigenvalue weighted by atomic mass is 16.5. The van der Waals surface area contributed by atoms with Gasteiger partial charge in [0.15, 0.2) is 0 Å². The zero-order valence-electron chi connectivity index (χ0n) is 11.5. The molecule has 4 heteroatoms. The molecule has 1 aliphatic heterocycles. The van der Waals surface area contributed by atoms with Gasteiger partial charge in [0.1, 0.15) is 5.75 Å². The third-order valence-electron chi connectivity index (χ3n) is 3.74. The number of aryl methyl sites for hydroxylation is 1. The van der Waals surface area contributed by atoms with E-state index in [-0.39, 0.29) is 12.5 Å². The summed E-state index contributed by atoms with van der Waals surface area (Å²) in [7, 11) is 0. The average Bonchev–Trinajstić information content (AvgIpc) is 2.35. The number of hydrogen-bond donors (Lipinski definition) is 2. The van der Waals surface area contributed by atoms with Crippen molar-refractivity contribution in [3.05, 3.63) is 29.3 Å². The van der Waals surface area contributed by atoms with E-state index in [1.807, 2.05) is 26.0 Å². The van der Waals surface area contributed by atoms with Gasteiger partial charge in [-0.2, -0.15) is 0 Å². The number of rotatable bonds is 4. The van der Waals surface area contributed by atoms with E-state index < -0.39 is 11.4 Å². The monoisotopic (exact) mass is 263 g/mol. The zero-order valence-corrected chi connectivity index (χ0v) is 11.5. The average molecular weight is 263 g/mol. The van der Waals surface area contributed by atoms with Gasteiger partial charge in [-0.25, -0.2) is 0 Å². The van der Waals surface area contributed by atoms with Gasteiger partial charge in [-0.15, -0.1) is 0 Å². The molecule has 1 aromatic carbocycles. The number of ether oxygens (including phenoxy) is 1. The van der Waals surface area contributed by atoms with E-state index in [1.54, 1.807) is 0 Å². The van der Waals surface area contributed by atoms with Gasteiger partial charge in [-0.3, -0.25) is 4.79 Å². The van der Waals surface area contributed by atoms with Crippen molar-refractivity contribution < 1.29 is 14.6 Å². The minimum Gasteiger partial charge on any atom is -0.493 e. The summed E-state index contributed by atoms with van der Waals surface area (Å²) in [6.07, 6.45) is 2.07. The Morgan fingerprint density at radius 3 is 2.95 bits per heavy atom. The van der Waals surface area contributed by atoms with Crippen LogP contribution in [-0.2, 0) is 11.2 Å². The molecule has 0 amide bonds. The van der Waals surface area contributed by atoms with Gasteiger partial charge in [0.05, 0.1) is 13.0 Å². The maximum Gasteiger partial charge on any atom is 0.303 e. The lowest BCUT2D eigenvalue weighted by Crippen LogP contribution is -2.31. The number of aliphatic carboxylic acids is 1. The third-order valence-corrected chi connectivity index (χ3v) is 3.74. The van der Waals surface area contributed by atoms with Crippen molar-refractivity contribution in [1.82, 2.24) is 0 Å². The van der Waals surface area contributed by atoms with Crippen LogP contribution in [0.4, 0.5) is 0 Å². The zero-order chi connectivity index (χ0) is 14.0. The second kappa shape index (κ2) is 5.21. The number of carboxylic acid groups (broad SMARTS) is 1. The number of benzene rings is 1. The maximum absolute atomic E-state index is 10.9. The van der Waals surface area contributed by atoms with Gasteiger partial charge < -0.3 is 15.6 Å². The Morgan fingerprint density at radius 1 is 1.53 bits per heavy atom. The van der Waals surface area contributed by atoms with Crippen LogP contribution in [0, 0.1) is 5.41 Å². The van der Waals surface area contributed by atoms with Crippen molar-refractivity contribution in [2.24, 2.45) is 11.1 Å². The molecular weight excluding hydrogens is 242 g/mol. The van der Waals surface area contributed by atoms with Crippen LogP contribution in [0.25, 0.3) is 0 Å². The van der Waals surface area contributed by atoms with Gasteiger partial charge in [0.2, 0.25) is 0 Å². The Balaban J connectivity index is 2.23. The van der Waals surface area contributed by atoms with Crippen LogP contribution in [0.2, 0.25) is 0 Å². The highest BCUT2D eigenvalue weighted by molar-refractivity contribution is 5.67. The molecule has 1 aromatic rings. The Labute approximate surface area is 113 Å². The summed E-state index contributed by atoms with van der Waals surface area (Å²) in [5, 5.41) is 8.96. The van der Waals surface area contributed by atoms with E-state index in [1.165, 1.54) is 5.56 Å². The predicted molar refractivity (Wildman–Crippen MR) is 73.2 cm³/mol. The summed E-state index contributed by atoms with van der Waals surface area (Å²) in [5.74, 6) is 0.111. The second-order valence-corrected chi connectivity index (χ2v) is 5.86. The highest BCUT2D eigenvalue weighted by Gasteiger charge is 2.30. The molecule has 0 spiro atoms. The lowest BCUT2D eigenvalue weighted by atomic mass is 9.78. The van der Waals surface area contributed by atoms with Crippen molar-refractivity contribution >= 4 is 5.97 Å². The van der Waals surface area contributed by atoms with Gasteiger partial charge in [0, 0.05) is 6.04 Å². The minimum atomic E-state index is -0.818. The molecule has 1 atom stereocenters. The number of carboxylic acids is 1. The van der Waals surface area contributed by atoms with E-state index in [0.29, 0.717) is 0 Å². The van der Waals surface area contributed by atoms with Crippen LogP contribution in [0.15, 0.2) is 18.2 Å². The van der Waals surface area contributed by atoms with E-state index in [0.717, 1.165) is 30.8 Å². The fourth-order valence-electron chi connectivity index (χ4n) is 2.52. The van der Waals surface area contributed by atoms with Crippen LogP contribution in [0.1, 0.15) is 43.9 Å². The summed E-state index contributed by atoms with van der Waals surface area (Å²) in [4.78, 5) is 10.9. The number of nitrogens with two attached hydrogens (primary N) is 1. The summed E-state index contributed by atoms with van der Waals surface area (Å²) in [6.45, 7) is 4.55. The maximum atomic E-state index is 10.9. The third kappa shape index (κ3) is 3.07. The largest absolute Gasteiger partial charge is 0.493 e.